The fourth-order valence-corrected chi connectivity index (χ4v) is 2.56. The Bertz CT molecular complexity index is 1010. The van der Waals surface area contributed by atoms with Crippen molar-refractivity contribution in [2.75, 3.05) is 11.9 Å². The van der Waals surface area contributed by atoms with Crippen LogP contribution in [0.3, 0.4) is 0 Å². The van der Waals surface area contributed by atoms with Crippen LogP contribution in [0.4, 0.5) is 11.4 Å². The number of nitro benzene ring substituents is 1. The molecule has 136 valence electrons. The Kier molecular flexibility index (Phi) is 5.41. The maximum Gasteiger partial charge on any atom is 0.269 e. The highest BCUT2D eigenvalue weighted by Gasteiger charge is 2.06. The van der Waals surface area contributed by atoms with Crippen molar-refractivity contribution < 1.29 is 9.72 Å². The lowest BCUT2D eigenvalue weighted by molar-refractivity contribution is -0.384. The summed E-state index contributed by atoms with van der Waals surface area (Å²) < 4.78 is 0. The number of hydrogen-bond donors (Lipinski definition) is 2. The van der Waals surface area contributed by atoms with Crippen LogP contribution in [0, 0.1) is 10.1 Å². The van der Waals surface area contributed by atoms with Crippen LogP contribution in [-0.4, -0.2) is 23.1 Å². The van der Waals surface area contributed by atoms with Crippen LogP contribution in [0.5, 0.6) is 0 Å². The minimum atomic E-state index is -0.462. The number of non-ortho nitro benzene ring substituents is 1. The van der Waals surface area contributed by atoms with Crippen molar-refractivity contribution >= 4 is 33.8 Å². The van der Waals surface area contributed by atoms with Crippen molar-refractivity contribution in [2.45, 2.75) is 6.92 Å². The van der Waals surface area contributed by atoms with E-state index in [1.807, 2.05) is 42.5 Å². The van der Waals surface area contributed by atoms with Gasteiger partial charge in [-0.15, -0.1) is 0 Å². The molecule has 1 amide bonds. The van der Waals surface area contributed by atoms with Crippen LogP contribution in [-0.2, 0) is 4.79 Å². The maximum atomic E-state index is 12.0. The summed E-state index contributed by atoms with van der Waals surface area (Å²) in [6.07, 6.45) is 0. The van der Waals surface area contributed by atoms with Gasteiger partial charge >= 0.3 is 0 Å². The minimum Gasteiger partial charge on any atom is -0.376 e. The third-order valence-corrected chi connectivity index (χ3v) is 4.05. The Hall–Kier alpha value is -3.74. The average molecular weight is 362 g/mol. The van der Waals surface area contributed by atoms with Gasteiger partial charge in [-0.25, -0.2) is 5.43 Å². The van der Waals surface area contributed by atoms with Crippen LogP contribution in [0.2, 0.25) is 0 Å². The Morgan fingerprint density at radius 1 is 1.04 bits per heavy atom. The smallest absolute Gasteiger partial charge is 0.269 e. The molecule has 0 atom stereocenters. The lowest BCUT2D eigenvalue weighted by atomic mass is 10.1. The van der Waals surface area contributed by atoms with Gasteiger partial charge in [-0.05, 0) is 47.5 Å². The molecule has 27 heavy (non-hydrogen) atoms. The van der Waals surface area contributed by atoms with Gasteiger partial charge in [0.15, 0.2) is 0 Å². The SMILES string of the molecule is CC(=NNC(=O)CNc1ccc2ccccc2c1)c1ccc([N+](=O)[O-])cc1. The first-order chi connectivity index (χ1) is 13.0. The normalized spacial score (nSPS) is 11.2. The summed E-state index contributed by atoms with van der Waals surface area (Å²) in [5.41, 5.74) is 4.59. The third-order valence-electron chi connectivity index (χ3n) is 4.05. The largest absolute Gasteiger partial charge is 0.376 e. The van der Waals surface area contributed by atoms with E-state index in [0.29, 0.717) is 11.3 Å². The summed E-state index contributed by atoms with van der Waals surface area (Å²) in [4.78, 5) is 22.2. The monoisotopic (exact) mass is 362 g/mol. The molecular formula is C20H18N4O3. The lowest BCUT2D eigenvalue weighted by Gasteiger charge is -2.07. The maximum absolute atomic E-state index is 12.0. The van der Waals surface area contributed by atoms with E-state index in [9.17, 15) is 14.9 Å². The van der Waals surface area contributed by atoms with Gasteiger partial charge in [0.1, 0.15) is 0 Å². The Morgan fingerprint density at radius 3 is 2.44 bits per heavy atom. The fourth-order valence-electron chi connectivity index (χ4n) is 2.56. The highest BCUT2D eigenvalue weighted by Crippen LogP contribution is 2.18. The van der Waals surface area contributed by atoms with E-state index in [2.05, 4.69) is 15.8 Å². The topological polar surface area (TPSA) is 96.6 Å². The van der Waals surface area contributed by atoms with Crippen LogP contribution < -0.4 is 10.7 Å². The number of amides is 1. The number of hydrogen-bond acceptors (Lipinski definition) is 5. The number of hydrazone groups is 1. The van der Waals surface area contributed by atoms with Crippen molar-refractivity contribution in [1.82, 2.24) is 5.43 Å². The van der Waals surface area contributed by atoms with Crippen LogP contribution >= 0.6 is 0 Å². The Labute approximate surface area is 155 Å². The number of fused-ring (bicyclic) bond motifs is 1. The van der Waals surface area contributed by atoms with Gasteiger partial charge in [-0.1, -0.05) is 30.3 Å². The minimum absolute atomic E-state index is 0.00942. The van der Waals surface area contributed by atoms with Gasteiger partial charge in [0.2, 0.25) is 0 Å². The first-order valence-electron chi connectivity index (χ1n) is 8.33. The van der Waals surface area contributed by atoms with E-state index in [4.69, 9.17) is 0 Å². The molecule has 0 aliphatic heterocycles. The number of anilines is 1. The molecule has 7 nitrogen and oxygen atoms in total. The van der Waals surface area contributed by atoms with Gasteiger partial charge in [0.25, 0.3) is 11.6 Å². The Morgan fingerprint density at radius 2 is 1.74 bits per heavy atom. The second-order valence-corrected chi connectivity index (χ2v) is 5.95. The van der Waals surface area contributed by atoms with Crippen LogP contribution in [0.25, 0.3) is 10.8 Å². The molecule has 0 heterocycles. The quantitative estimate of drug-likeness (QED) is 0.397. The molecule has 0 radical (unpaired) electrons. The molecule has 2 N–H and O–H groups in total. The first kappa shape index (κ1) is 18.1. The molecule has 0 fully saturated rings. The predicted molar refractivity (Wildman–Crippen MR) is 106 cm³/mol. The third kappa shape index (κ3) is 4.66. The standard InChI is InChI=1S/C20H18N4O3/c1-14(15-7-10-19(11-8-15)24(26)27)22-23-20(25)13-21-18-9-6-16-4-2-3-5-17(16)12-18/h2-12,21H,13H2,1H3,(H,23,25). The lowest BCUT2D eigenvalue weighted by Crippen LogP contribution is -2.26. The molecule has 0 unspecified atom stereocenters. The summed E-state index contributed by atoms with van der Waals surface area (Å²) in [5, 5.41) is 20.0. The second kappa shape index (κ2) is 8.09. The molecule has 0 spiro atoms. The molecular weight excluding hydrogens is 344 g/mol. The zero-order valence-corrected chi connectivity index (χ0v) is 14.7. The number of carbonyl (C=O) groups is 1. The first-order valence-corrected chi connectivity index (χ1v) is 8.33. The molecule has 0 saturated heterocycles. The zero-order valence-electron chi connectivity index (χ0n) is 14.7. The van der Waals surface area contributed by atoms with Crippen molar-refractivity contribution in [2.24, 2.45) is 5.10 Å². The van der Waals surface area contributed by atoms with Crippen LogP contribution in [0.15, 0.2) is 71.8 Å². The highest BCUT2D eigenvalue weighted by atomic mass is 16.6. The molecule has 0 aromatic heterocycles. The van der Waals surface area contributed by atoms with E-state index in [1.54, 1.807) is 19.1 Å². The number of nitro groups is 1. The molecule has 0 aliphatic carbocycles. The van der Waals surface area contributed by atoms with Gasteiger partial charge in [0, 0.05) is 17.8 Å². The van der Waals surface area contributed by atoms with Crippen molar-refractivity contribution in [3.8, 4) is 0 Å². The highest BCUT2D eigenvalue weighted by molar-refractivity contribution is 5.99. The predicted octanol–water partition coefficient (Wildman–Crippen LogP) is 3.70. The molecule has 3 rings (SSSR count). The van der Waals surface area contributed by atoms with Gasteiger partial charge < -0.3 is 5.32 Å². The molecule has 7 heteroatoms. The van der Waals surface area contributed by atoms with Crippen molar-refractivity contribution in [1.29, 1.82) is 0 Å². The molecule has 3 aromatic carbocycles. The summed E-state index contributed by atoms with van der Waals surface area (Å²) in [5.74, 6) is -0.288. The average Bonchev–Trinajstić information content (AvgIpc) is 2.70. The van der Waals surface area contributed by atoms with E-state index in [1.165, 1.54) is 12.1 Å². The number of nitrogens with zero attached hydrogens (tertiary/aromatic N) is 2. The number of benzene rings is 3. The van der Waals surface area contributed by atoms with Crippen LogP contribution in [0.1, 0.15) is 12.5 Å². The molecule has 0 saturated carbocycles. The van der Waals surface area contributed by atoms with Gasteiger partial charge in [0.05, 0.1) is 17.2 Å². The molecule has 3 aromatic rings. The molecule has 0 bridgehead atoms. The Balaban J connectivity index is 1.56. The summed E-state index contributed by atoms with van der Waals surface area (Å²) >= 11 is 0. The van der Waals surface area contributed by atoms with E-state index in [0.717, 1.165) is 16.5 Å². The number of carbonyl (C=O) groups excluding carboxylic acids is 1. The number of nitrogens with one attached hydrogen (secondary N) is 2. The van der Waals surface area contributed by atoms with Gasteiger partial charge in [-0.3, -0.25) is 14.9 Å². The fraction of sp³-hybridized carbons (Fsp3) is 0.100. The van der Waals surface area contributed by atoms with E-state index in [-0.39, 0.29) is 18.1 Å². The summed E-state index contributed by atoms with van der Waals surface area (Å²) in [6, 6.07) is 19.9. The molecule has 0 aliphatic rings. The van der Waals surface area contributed by atoms with Crippen molar-refractivity contribution in [3.63, 3.8) is 0 Å². The number of rotatable bonds is 6. The van der Waals surface area contributed by atoms with E-state index >= 15 is 0 Å². The van der Waals surface area contributed by atoms with Crippen molar-refractivity contribution in [3.05, 3.63) is 82.4 Å². The summed E-state index contributed by atoms with van der Waals surface area (Å²) in [7, 11) is 0. The zero-order chi connectivity index (χ0) is 19.2. The summed E-state index contributed by atoms with van der Waals surface area (Å²) in [6.45, 7) is 1.80. The second-order valence-electron chi connectivity index (χ2n) is 5.95. The van der Waals surface area contributed by atoms with Gasteiger partial charge in [-0.2, -0.15) is 5.10 Å². The van der Waals surface area contributed by atoms with E-state index < -0.39 is 4.92 Å².